The Morgan fingerprint density at radius 2 is 2.03 bits per heavy atom. The highest BCUT2D eigenvalue weighted by atomic mass is 16.5. The molecule has 0 radical (unpaired) electrons. The third-order valence-corrected chi connectivity index (χ3v) is 9.16. The van der Waals surface area contributed by atoms with E-state index in [4.69, 9.17) is 4.74 Å². The summed E-state index contributed by atoms with van der Waals surface area (Å²) in [6.45, 7) is 1.05. The molecule has 8 rings (SSSR count). The molecule has 158 valence electrons. The summed E-state index contributed by atoms with van der Waals surface area (Å²) in [6.07, 6.45) is 3.82. The molecule has 31 heavy (non-hydrogen) atoms. The van der Waals surface area contributed by atoms with Crippen molar-refractivity contribution in [3.8, 4) is 11.5 Å². The number of likely N-dealkylation sites (N-methyl/N-ethyl adjacent to an activating group) is 1. The maximum Gasteiger partial charge on any atom is 0.166 e. The fraction of sp³-hybridized carbons (Fsp3) is 0.462. The summed E-state index contributed by atoms with van der Waals surface area (Å²) in [6, 6.07) is 12.3. The van der Waals surface area contributed by atoms with E-state index in [2.05, 4.69) is 41.2 Å². The van der Waals surface area contributed by atoms with E-state index in [9.17, 15) is 10.2 Å². The third-order valence-electron chi connectivity index (χ3n) is 9.16. The zero-order valence-electron chi connectivity index (χ0n) is 17.6. The van der Waals surface area contributed by atoms with E-state index < -0.39 is 11.0 Å². The van der Waals surface area contributed by atoms with E-state index in [-0.39, 0.29) is 23.8 Å². The molecule has 5 heteroatoms. The van der Waals surface area contributed by atoms with Gasteiger partial charge in [-0.1, -0.05) is 24.3 Å². The van der Waals surface area contributed by atoms with Crippen LogP contribution < -0.4 is 4.74 Å². The lowest BCUT2D eigenvalue weighted by molar-refractivity contribution is -0.105. The quantitative estimate of drug-likeness (QED) is 0.611. The van der Waals surface area contributed by atoms with Gasteiger partial charge >= 0.3 is 0 Å². The minimum absolute atomic E-state index is 0.0593. The van der Waals surface area contributed by atoms with Gasteiger partial charge in [0.2, 0.25) is 0 Å². The number of H-pyrrole nitrogens is 1. The van der Waals surface area contributed by atoms with Crippen LogP contribution in [0.4, 0.5) is 0 Å². The van der Waals surface area contributed by atoms with E-state index in [1.807, 2.05) is 6.07 Å². The summed E-state index contributed by atoms with van der Waals surface area (Å²) in [5.74, 6) is 1.82. The van der Waals surface area contributed by atoms with Crippen molar-refractivity contribution in [1.29, 1.82) is 0 Å². The van der Waals surface area contributed by atoms with Crippen LogP contribution in [-0.4, -0.2) is 45.3 Å². The van der Waals surface area contributed by atoms with Gasteiger partial charge in [-0.3, -0.25) is 4.90 Å². The zero-order chi connectivity index (χ0) is 20.7. The lowest BCUT2D eigenvalue weighted by Gasteiger charge is -2.52. The highest BCUT2D eigenvalue weighted by Gasteiger charge is 2.78. The Hall–Kier alpha value is -2.50. The fourth-order valence-corrected chi connectivity index (χ4v) is 7.95. The minimum Gasteiger partial charge on any atom is -0.504 e. The first kappa shape index (κ1) is 17.1. The van der Waals surface area contributed by atoms with Crippen LogP contribution in [0.5, 0.6) is 11.5 Å². The summed E-state index contributed by atoms with van der Waals surface area (Å²) in [5.41, 5.74) is 4.28. The summed E-state index contributed by atoms with van der Waals surface area (Å²) in [4.78, 5) is 6.08. The van der Waals surface area contributed by atoms with Crippen molar-refractivity contribution in [2.24, 2.45) is 5.92 Å². The molecule has 1 aliphatic heterocycles. The van der Waals surface area contributed by atoms with Crippen molar-refractivity contribution in [3.63, 3.8) is 0 Å². The SMILES string of the molecule is CN(CC1CC1)[C@H]1C2C[C@@]34c5c2ccc(O)c5O[C@@H]3c2[nH]c3ccccc3c2C[C@]14O. The molecule has 5 nitrogen and oxygen atoms in total. The Balaban J connectivity index is 1.42. The monoisotopic (exact) mass is 414 g/mol. The predicted molar refractivity (Wildman–Crippen MR) is 117 cm³/mol. The molecule has 4 aliphatic carbocycles. The predicted octanol–water partition coefficient (Wildman–Crippen LogP) is 3.74. The topological polar surface area (TPSA) is 68.7 Å². The molecule has 2 saturated carbocycles. The zero-order valence-corrected chi connectivity index (χ0v) is 17.6. The van der Waals surface area contributed by atoms with Crippen molar-refractivity contribution in [2.45, 2.75) is 54.8 Å². The van der Waals surface area contributed by atoms with Gasteiger partial charge in [-0.25, -0.2) is 0 Å². The van der Waals surface area contributed by atoms with Crippen LogP contribution in [0.2, 0.25) is 0 Å². The number of phenolic OH excluding ortho intramolecular Hbond substituents is 1. The second kappa shape index (κ2) is 5.11. The summed E-state index contributed by atoms with van der Waals surface area (Å²) >= 11 is 0. The maximum absolute atomic E-state index is 12.7. The number of benzene rings is 2. The third kappa shape index (κ3) is 1.74. The highest BCUT2D eigenvalue weighted by Crippen LogP contribution is 2.76. The Kier molecular flexibility index (Phi) is 2.82. The number of phenols is 1. The van der Waals surface area contributed by atoms with Crippen molar-refractivity contribution in [1.82, 2.24) is 9.88 Å². The van der Waals surface area contributed by atoms with Gasteiger partial charge in [-0.2, -0.15) is 0 Å². The first-order valence-electron chi connectivity index (χ1n) is 11.6. The molecule has 3 N–H and O–H groups in total. The lowest BCUT2D eigenvalue weighted by atomic mass is 9.58. The second-order valence-electron chi connectivity index (χ2n) is 10.6. The number of aliphatic hydroxyl groups is 1. The minimum atomic E-state index is -0.921. The van der Waals surface area contributed by atoms with Gasteiger partial charge in [0.1, 0.15) is 0 Å². The van der Waals surface area contributed by atoms with E-state index in [1.54, 1.807) is 6.07 Å². The van der Waals surface area contributed by atoms with E-state index >= 15 is 0 Å². The number of hydrogen-bond acceptors (Lipinski definition) is 4. The number of para-hydroxylation sites is 1. The summed E-state index contributed by atoms with van der Waals surface area (Å²) in [5, 5.41) is 24.6. The number of hydrogen-bond donors (Lipinski definition) is 3. The average Bonchev–Trinajstić information content (AvgIpc) is 3.14. The van der Waals surface area contributed by atoms with Gasteiger partial charge in [0.05, 0.1) is 16.7 Å². The molecule has 3 aromatic rings. The van der Waals surface area contributed by atoms with Crippen molar-refractivity contribution in [3.05, 3.63) is 58.8 Å². The van der Waals surface area contributed by atoms with E-state index in [0.717, 1.165) is 35.7 Å². The van der Waals surface area contributed by atoms with E-state index in [0.29, 0.717) is 12.2 Å². The molecule has 2 heterocycles. The molecule has 5 atom stereocenters. The molecule has 1 aromatic heterocycles. The molecule has 0 amide bonds. The Labute approximate surface area is 180 Å². The molecular formula is C26H26N2O3. The second-order valence-corrected chi connectivity index (χ2v) is 10.6. The number of aromatic nitrogens is 1. The smallest absolute Gasteiger partial charge is 0.166 e. The number of aromatic hydroxyl groups is 1. The van der Waals surface area contributed by atoms with Gasteiger partial charge in [-0.15, -0.1) is 0 Å². The van der Waals surface area contributed by atoms with Crippen LogP contribution in [0.25, 0.3) is 10.9 Å². The number of ether oxygens (including phenoxy) is 1. The van der Waals surface area contributed by atoms with Crippen LogP contribution in [0.15, 0.2) is 36.4 Å². The van der Waals surface area contributed by atoms with Crippen molar-refractivity contribution < 1.29 is 14.9 Å². The van der Waals surface area contributed by atoms with Crippen LogP contribution >= 0.6 is 0 Å². The first-order chi connectivity index (χ1) is 15.0. The van der Waals surface area contributed by atoms with Gasteiger partial charge in [0.15, 0.2) is 17.6 Å². The van der Waals surface area contributed by atoms with Crippen LogP contribution in [0.1, 0.15) is 53.7 Å². The Bertz CT molecular complexity index is 1290. The fourth-order valence-electron chi connectivity index (χ4n) is 7.95. The van der Waals surface area contributed by atoms with Crippen molar-refractivity contribution >= 4 is 10.9 Å². The summed E-state index contributed by atoms with van der Waals surface area (Å²) < 4.78 is 6.56. The van der Waals surface area contributed by atoms with Crippen molar-refractivity contribution in [2.75, 3.05) is 13.6 Å². The molecule has 1 spiro atoms. The number of rotatable bonds is 3. The molecule has 2 bridgehead atoms. The Morgan fingerprint density at radius 1 is 1.19 bits per heavy atom. The molecular weight excluding hydrogens is 388 g/mol. The standard InChI is InChI=1S/C26H26N2O3/c1-28(12-13-6-7-13)23-17-10-25-20-15(17)8-9-19(29)22(20)31-24(25)21-16(11-26(23,25)30)14-4-2-3-5-18(14)27-21/h2-5,8-9,13,17,23-24,27,29-30H,6-7,10-12H2,1H3/t17?,23-,24+,25+,26-/m0/s1. The number of aromatic amines is 1. The van der Waals surface area contributed by atoms with Gasteiger partial charge in [0, 0.05) is 41.4 Å². The van der Waals surface area contributed by atoms with Gasteiger partial charge in [0.25, 0.3) is 0 Å². The highest BCUT2D eigenvalue weighted by molar-refractivity contribution is 5.86. The maximum atomic E-state index is 12.7. The molecule has 2 fully saturated rings. The number of nitrogens with one attached hydrogen (secondary N) is 1. The van der Waals surface area contributed by atoms with Crippen LogP contribution in [-0.2, 0) is 11.8 Å². The number of fused-ring (bicyclic) bond motifs is 6. The average molecular weight is 415 g/mol. The van der Waals surface area contributed by atoms with Gasteiger partial charge in [-0.05, 0) is 55.5 Å². The molecule has 5 aliphatic rings. The molecule has 0 saturated heterocycles. The normalized spacial score (nSPS) is 36.2. The van der Waals surface area contributed by atoms with E-state index in [1.165, 1.54) is 29.4 Å². The molecule has 2 aromatic carbocycles. The Morgan fingerprint density at radius 3 is 2.87 bits per heavy atom. The first-order valence-corrected chi connectivity index (χ1v) is 11.6. The lowest BCUT2D eigenvalue weighted by Crippen LogP contribution is -2.64. The largest absolute Gasteiger partial charge is 0.504 e. The van der Waals surface area contributed by atoms with Crippen LogP contribution in [0.3, 0.4) is 0 Å². The van der Waals surface area contributed by atoms with Crippen LogP contribution in [0, 0.1) is 5.92 Å². The summed E-state index contributed by atoms with van der Waals surface area (Å²) in [7, 11) is 2.20. The number of nitrogens with zero attached hydrogens (tertiary/aromatic N) is 1. The molecule has 1 unspecified atom stereocenters. The van der Waals surface area contributed by atoms with Gasteiger partial charge < -0.3 is 19.9 Å².